The van der Waals surface area contributed by atoms with Gasteiger partial charge in [-0.3, -0.25) is 0 Å². The summed E-state index contributed by atoms with van der Waals surface area (Å²) >= 11 is 0. The number of hydrogen-bond donors (Lipinski definition) is 0. The van der Waals surface area contributed by atoms with Crippen LogP contribution in [0.1, 0.15) is 27.7 Å². The first-order valence-corrected chi connectivity index (χ1v) is 9.05. The molecule has 0 aromatic heterocycles. The van der Waals surface area contributed by atoms with E-state index in [2.05, 4.69) is 117 Å². The normalized spacial score (nSPS) is 23.8. The van der Waals surface area contributed by atoms with Gasteiger partial charge in [-0.1, -0.05) is 68.5 Å². The van der Waals surface area contributed by atoms with Crippen molar-refractivity contribution in [2.24, 2.45) is 11.8 Å². The first kappa shape index (κ1) is 18.8. The topological polar surface area (TPSA) is 3.24 Å². The molecule has 0 bridgehead atoms. The summed E-state index contributed by atoms with van der Waals surface area (Å²) in [5, 5.41) is 0. The lowest BCUT2D eigenvalue weighted by molar-refractivity contribution is 0.577. The standard InChI is InChI=1S/C24H29N/c1-5-7-13-22(10-6-2)25(23-14-8-11-20(3)16-18-23)24-15-9-12-21(4)17-19-24/h5-21H,1-4H3/b7-5-,10-6-,22-13+. The van der Waals surface area contributed by atoms with Crippen LogP contribution in [-0.4, -0.2) is 4.90 Å². The molecule has 1 nitrogen and oxygen atoms in total. The average Bonchev–Trinajstić information content (AvgIpc) is 2.94. The Kier molecular flexibility index (Phi) is 7.28. The van der Waals surface area contributed by atoms with Crippen LogP contribution in [0.15, 0.2) is 108 Å². The zero-order chi connectivity index (χ0) is 18.1. The molecule has 2 aliphatic rings. The Morgan fingerprint density at radius 2 is 1.40 bits per heavy atom. The van der Waals surface area contributed by atoms with Gasteiger partial charge in [0.25, 0.3) is 0 Å². The molecule has 2 unspecified atom stereocenters. The van der Waals surface area contributed by atoms with Gasteiger partial charge in [-0.2, -0.15) is 0 Å². The summed E-state index contributed by atoms with van der Waals surface area (Å²) in [6, 6.07) is 0. The summed E-state index contributed by atoms with van der Waals surface area (Å²) in [7, 11) is 0. The van der Waals surface area contributed by atoms with E-state index in [1.54, 1.807) is 0 Å². The highest BCUT2D eigenvalue weighted by atomic mass is 15.2. The molecule has 0 heterocycles. The maximum absolute atomic E-state index is 2.30. The van der Waals surface area contributed by atoms with Crippen molar-refractivity contribution in [3.05, 3.63) is 108 Å². The monoisotopic (exact) mass is 331 g/mol. The van der Waals surface area contributed by atoms with E-state index in [0.29, 0.717) is 11.8 Å². The van der Waals surface area contributed by atoms with Crippen molar-refractivity contribution in [1.82, 2.24) is 4.90 Å². The van der Waals surface area contributed by atoms with Crippen LogP contribution in [0.2, 0.25) is 0 Å². The third-order valence-electron chi connectivity index (χ3n) is 4.08. The first-order chi connectivity index (χ1) is 12.2. The third kappa shape index (κ3) is 5.49. The van der Waals surface area contributed by atoms with Gasteiger partial charge in [-0.25, -0.2) is 0 Å². The molecule has 25 heavy (non-hydrogen) atoms. The van der Waals surface area contributed by atoms with Gasteiger partial charge in [0.1, 0.15) is 0 Å². The average molecular weight is 332 g/mol. The van der Waals surface area contributed by atoms with Gasteiger partial charge in [0.05, 0.1) is 0 Å². The second kappa shape index (κ2) is 9.68. The van der Waals surface area contributed by atoms with Gasteiger partial charge in [0.15, 0.2) is 0 Å². The Bertz CT molecular complexity index is 673. The Balaban J connectivity index is 2.55. The summed E-state index contributed by atoms with van der Waals surface area (Å²) in [5.41, 5.74) is 3.46. The first-order valence-electron chi connectivity index (χ1n) is 9.05. The number of allylic oxidation sites excluding steroid dienone is 15. The minimum Gasteiger partial charge on any atom is -0.311 e. The number of nitrogens with zero attached hydrogens (tertiary/aromatic N) is 1. The number of hydrogen-bond acceptors (Lipinski definition) is 1. The van der Waals surface area contributed by atoms with E-state index in [4.69, 9.17) is 0 Å². The van der Waals surface area contributed by atoms with Gasteiger partial charge in [0.2, 0.25) is 0 Å². The van der Waals surface area contributed by atoms with E-state index in [1.165, 1.54) is 0 Å². The van der Waals surface area contributed by atoms with Crippen LogP contribution in [0, 0.1) is 11.8 Å². The summed E-state index contributed by atoms with van der Waals surface area (Å²) in [5.74, 6) is 0.887. The van der Waals surface area contributed by atoms with E-state index in [1.807, 2.05) is 6.92 Å². The summed E-state index contributed by atoms with van der Waals surface area (Å²) in [4.78, 5) is 2.30. The Labute approximate surface area is 153 Å². The molecule has 0 fully saturated rings. The molecule has 0 radical (unpaired) electrons. The van der Waals surface area contributed by atoms with E-state index < -0.39 is 0 Å². The summed E-state index contributed by atoms with van der Waals surface area (Å²) in [6.45, 7) is 8.50. The Morgan fingerprint density at radius 1 is 0.840 bits per heavy atom. The fraction of sp³-hybridized carbons (Fsp3) is 0.250. The molecule has 2 rings (SSSR count). The van der Waals surface area contributed by atoms with Crippen LogP contribution >= 0.6 is 0 Å². The molecule has 0 aliphatic heterocycles. The Hall–Kier alpha value is -2.54. The molecule has 0 spiro atoms. The van der Waals surface area contributed by atoms with Crippen molar-refractivity contribution in [1.29, 1.82) is 0 Å². The van der Waals surface area contributed by atoms with Crippen LogP contribution in [-0.2, 0) is 0 Å². The van der Waals surface area contributed by atoms with Crippen LogP contribution in [0.4, 0.5) is 0 Å². The second-order valence-corrected chi connectivity index (χ2v) is 6.34. The maximum Gasteiger partial charge on any atom is 0.0458 e. The van der Waals surface area contributed by atoms with Gasteiger partial charge in [-0.05, 0) is 62.1 Å². The lowest BCUT2D eigenvalue weighted by atomic mass is 10.1. The molecule has 130 valence electrons. The largest absolute Gasteiger partial charge is 0.311 e. The van der Waals surface area contributed by atoms with Crippen molar-refractivity contribution in [3.63, 3.8) is 0 Å². The molecule has 0 amide bonds. The Morgan fingerprint density at radius 3 is 1.88 bits per heavy atom. The van der Waals surface area contributed by atoms with E-state index >= 15 is 0 Å². The van der Waals surface area contributed by atoms with Crippen molar-refractivity contribution in [2.45, 2.75) is 27.7 Å². The van der Waals surface area contributed by atoms with Crippen molar-refractivity contribution in [3.8, 4) is 0 Å². The lowest BCUT2D eigenvalue weighted by Gasteiger charge is -2.28. The molecule has 0 N–H and O–H groups in total. The highest BCUT2D eigenvalue weighted by molar-refractivity contribution is 5.43. The van der Waals surface area contributed by atoms with Gasteiger partial charge in [-0.15, -0.1) is 0 Å². The molecule has 0 aromatic rings. The van der Waals surface area contributed by atoms with Crippen LogP contribution < -0.4 is 0 Å². The van der Waals surface area contributed by atoms with Gasteiger partial charge < -0.3 is 4.90 Å². The second-order valence-electron chi connectivity index (χ2n) is 6.34. The zero-order valence-electron chi connectivity index (χ0n) is 15.8. The third-order valence-corrected chi connectivity index (χ3v) is 4.08. The fourth-order valence-electron chi connectivity index (χ4n) is 2.71. The van der Waals surface area contributed by atoms with Crippen LogP contribution in [0.5, 0.6) is 0 Å². The predicted octanol–water partition coefficient (Wildman–Crippen LogP) is 6.62. The summed E-state index contributed by atoms with van der Waals surface area (Å²) < 4.78 is 0. The molecule has 0 saturated carbocycles. The molecule has 2 aliphatic carbocycles. The fourth-order valence-corrected chi connectivity index (χ4v) is 2.71. The predicted molar refractivity (Wildman–Crippen MR) is 111 cm³/mol. The van der Waals surface area contributed by atoms with Gasteiger partial charge >= 0.3 is 0 Å². The van der Waals surface area contributed by atoms with Crippen LogP contribution in [0.3, 0.4) is 0 Å². The van der Waals surface area contributed by atoms with E-state index in [0.717, 1.165) is 17.1 Å². The lowest BCUT2D eigenvalue weighted by Crippen LogP contribution is -2.19. The zero-order valence-corrected chi connectivity index (χ0v) is 15.8. The highest BCUT2D eigenvalue weighted by Crippen LogP contribution is 2.27. The molecule has 0 aromatic carbocycles. The molecular formula is C24H29N. The molecule has 1 heteroatoms. The maximum atomic E-state index is 2.30. The van der Waals surface area contributed by atoms with E-state index in [-0.39, 0.29) is 0 Å². The van der Waals surface area contributed by atoms with Crippen molar-refractivity contribution in [2.75, 3.05) is 0 Å². The summed E-state index contributed by atoms with van der Waals surface area (Å²) in [6.07, 6.45) is 32.5. The minimum absolute atomic E-state index is 0.443. The number of rotatable bonds is 5. The van der Waals surface area contributed by atoms with Crippen LogP contribution in [0.25, 0.3) is 0 Å². The smallest absolute Gasteiger partial charge is 0.0458 e. The van der Waals surface area contributed by atoms with Crippen molar-refractivity contribution >= 4 is 0 Å². The molecule has 2 atom stereocenters. The van der Waals surface area contributed by atoms with E-state index in [9.17, 15) is 0 Å². The minimum atomic E-state index is 0.443. The quantitative estimate of drug-likeness (QED) is 0.512. The highest BCUT2D eigenvalue weighted by Gasteiger charge is 2.15. The van der Waals surface area contributed by atoms with Gasteiger partial charge in [0, 0.05) is 17.1 Å². The van der Waals surface area contributed by atoms with Crippen molar-refractivity contribution < 1.29 is 0 Å². The molecule has 0 saturated heterocycles. The molecular weight excluding hydrogens is 302 g/mol. The SMILES string of the molecule is C\C=C/C=C(\C=C/C)N(C1=CC=CC(C)C=C1)C1=CC=CC(C)C=C1.